The predicted octanol–water partition coefficient (Wildman–Crippen LogP) is 4.99. The molecule has 0 aliphatic carbocycles. The van der Waals surface area contributed by atoms with Crippen LogP contribution >= 0.6 is 0 Å². The molecule has 0 unspecified atom stereocenters. The molecular formula is C29H36O2Sn. The van der Waals surface area contributed by atoms with E-state index in [9.17, 15) is 4.79 Å². The molecule has 0 heterocycles. The molecule has 3 heteroatoms. The summed E-state index contributed by atoms with van der Waals surface area (Å²) in [6, 6.07) is 13.5. The summed E-state index contributed by atoms with van der Waals surface area (Å²) in [5.41, 5.74) is 11.0. The van der Waals surface area contributed by atoms with Crippen LogP contribution in [0.3, 0.4) is 0 Å². The first-order valence-electron chi connectivity index (χ1n) is 11.3. The molecule has 3 aromatic rings. The zero-order chi connectivity index (χ0) is 24.0. The Kier molecular flexibility index (Phi) is 6.95. The van der Waals surface area contributed by atoms with Crippen LogP contribution in [0.4, 0.5) is 0 Å². The number of carbonyl (C=O) groups excluding carboxylic acids is 1. The maximum atomic E-state index is 12.9. The van der Waals surface area contributed by atoms with Crippen molar-refractivity contribution < 1.29 is 7.87 Å². The molecule has 0 radical (unpaired) electrons. The van der Waals surface area contributed by atoms with Gasteiger partial charge in [-0.25, -0.2) is 0 Å². The van der Waals surface area contributed by atoms with E-state index in [4.69, 9.17) is 3.07 Å². The molecule has 168 valence electrons. The van der Waals surface area contributed by atoms with Gasteiger partial charge in [-0.15, -0.1) is 0 Å². The molecule has 3 rings (SSSR count). The normalized spacial score (nSPS) is 11.6. The zero-order valence-corrected chi connectivity index (χ0v) is 24.1. The number of hydrogen-bond acceptors (Lipinski definition) is 2. The van der Waals surface area contributed by atoms with Crippen LogP contribution in [-0.2, 0) is 7.87 Å². The van der Waals surface area contributed by atoms with Crippen molar-refractivity contribution in [1.29, 1.82) is 0 Å². The van der Waals surface area contributed by atoms with E-state index in [1.54, 1.807) is 6.92 Å². The van der Waals surface area contributed by atoms with Crippen molar-refractivity contribution >= 4 is 35.5 Å². The Morgan fingerprint density at radius 3 is 0.938 bits per heavy atom. The van der Waals surface area contributed by atoms with Gasteiger partial charge in [-0.1, -0.05) is 0 Å². The fourth-order valence-corrected chi connectivity index (χ4v) is 20.9. The third kappa shape index (κ3) is 4.26. The molecule has 32 heavy (non-hydrogen) atoms. The van der Waals surface area contributed by atoms with Crippen LogP contribution in [0.5, 0.6) is 0 Å². The van der Waals surface area contributed by atoms with Crippen LogP contribution in [0.25, 0.3) is 0 Å². The van der Waals surface area contributed by atoms with E-state index in [-0.39, 0.29) is 5.97 Å². The molecule has 0 saturated heterocycles. The quantitative estimate of drug-likeness (QED) is 0.441. The van der Waals surface area contributed by atoms with Gasteiger partial charge in [0.1, 0.15) is 0 Å². The second-order valence-corrected chi connectivity index (χ2v) is 18.3. The summed E-state index contributed by atoms with van der Waals surface area (Å²) in [5, 5.41) is 0. The minimum atomic E-state index is -4.27. The monoisotopic (exact) mass is 536 g/mol. The van der Waals surface area contributed by atoms with Crippen molar-refractivity contribution in [2.45, 2.75) is 69.2 Å². The minimum absolute atomic E-state index is 0.195. The predicted molar refractivity (Wildman–Crippen MR) is 138 cm³/mol. The van der Waals surface area contributed by atoms with E-state index < -0.39 is 18.8 Å². The van der Waals surface area contributed by atoms with Gasteiger partial charge >= 0.3 is 199 Å². The van der Waals surface area contributed by atoms with Crippen LogP contribution in [0.2, 0.25) is 0 Å². The Labute approximate surface area is 198 Å². The van der Waals surface area contributed by atoms with Gasteiger partial charge in [0.2, 0.25) is 0 Å². The summed E-state index contributed by atoms with van der Waals surface area (Å²) in [5.74, 6) is -0.195. The van der Waals surface area contributed by atoms with Crippen molar-refractivity contribution in [3.8, 4) is 0 Å². The van der Waals surface area contributed by atoms with E-state index >= 15 is 0 Å². The van der Waals surface area contributed by atoms with Gasteiger partial charge < -0.3 is 0 Å². The van der Waals surface area contributed by atoms with Gasteiger partial charge in [-0.2, -0.15) is 0 Å². The third-order valence-electron chi connectivity index (χ3n) is 6.38. The first-order chi connectivity index (χ1) is 14.9. The summed E-state index contributed by atoms with van der Waals surface area (Å²) in [4.78, 5) is 12.9. The van der Waals surface area contributed by atoms with Crippen LogP contribution in [-0.4, -0.2) is 24.8 Å². The summed E-state index contributed by atoms with van der Waals surface area (Å²) in [7, 11) is 0. The Morgan fingerprint density at radius 1 is 0.531 bits per heavy atom. The maximum absolute atomic E-state index is 12.9. The average molecular weight is 535 g/mol. The summed E-state index contributed by atoms with van der Waals surface area (Å²) in [6.45, 7) is 21.1. The van der Waals surface area contributed by atoms with Crippen molar-refractivity contribution in [2.24, 2.45) is 0 Å². The molecule has 0 fully saturated rings. The van der Waals surface area contributed by atoms with Gasteiger partial charge in [0.05, 0.1) is 0 Å². The van der Waals surface area contributed by atoms with Crippen molar-refractivity contribution in [3.63, 3.8) is 0 Å². The van der Waals surface area contributed by atoms with Crippen molar-refractivity contribution in [3.05, 3.63) is 86.5 Å². The van der Waals surface area contributed by atoms with Crippen LogP contribution < -0.4 is 10.7 Å². The number of carbonyl (C=O) groups is 1. The molecule has 0 aromatic heterocycles. The number of benzene rings is 3. The van der Waals surface area contributed by atoms with Crippen LogP contribution in [0.1, 0.15) is 57.0 Å². The number of hydrogen-bond donors (Lipinski definition) is 0. The Morgan fingerprint density at radius 2 is 0.750 bits per heavy atom. The molecule has 0 bridgehead atoms. The fourth-order valence-electron chi connectivity index (χ4n) is 5.95. The molecule has 0 N–H and O–H groups in total. The zero-order valence-electron chi connectivity index (χ0n) is 21.3. The van der Waals surface area contributed by atoms with Gasteiger partial charge in [-0.05, 0) is 0 Å². The van der Waals surface area contributed by atoms with Crippen molar-refractivity contribution in [1.82, 2.24) is 0 Å². The topological polar surface area (TPSA) is 26.3 Å². The van der Waals surface area contributed by atoms with E-state index in [0.29, 0.717) is 0 Å². The number of aryl methyl sites for hydroxylation is 9. The van der Waals surface area contributed by atoms with Gasteiger partial charge in [0.25, 0.3) is 0 Å². The second kappa shape index (κ2) is 9.05. The summed E-state index contributed by atoms with van der Waals surface area (Å²) < 4.78 is 10.6. The molecule has 0 atom stereocenters. The van der Waals surface area contributed by atoms with Crippen LogP contribution in [0, 0.1) is 62.3 Å². The first kappa shape index (κ1) is 24.6. The van der Waals surface area contributed by atoms with E-state index in [1.165, 1.54) is 60.8 Å². The van der Waals surface area contributed by atoms with E-state index in [0.717, 1.165) is 0 Å². The molecule has 0 amide bonds. The molecule has 2 nitrogen and oxygen atoms in total. The average Bonchev–Trinajstić information content (AvgIpc) is 2.57. The molecule has 0 spiro atoms. The molecule has 0 saturated carbocycles. The van der Waals surface area contributed by atoms with Gasteiger partial charge in [0, 0.05) is 0 Å². The third-order valence-corrected chi connectivity index (χ3v) is 20.9. The fraction of sp³-hybridized carbons (Fsp3) is 0.345. The standard InChI is InChI=1S/3C9H11.C2H4O2.Sn/c3*1-7-4-8(2)6-9(3)5-7;1-2(3)4;/h3*4-5H,1-3H3;1H3,(H,3,4);/q;;;;+1/p-1. The van der Waals surface area contributed by atoms with E-state index in [2.05, 4.69) is 98.7 Å². The van der Waals surface area contributed by atoms with E-state index in [1.807, 2.05) is 0 Å². The molecule has 0 aliphatic heterocycles. The van der Waals surface area contributed by atoms with Crippen LogP contribution in [0.15, 0.2) is 36.4 Å². The molecule has 3 aromatic carbocycles. The summed E-state index contributed by atoms with van der Waals surface area (Å²) in [6.07, 6.45) is 0. The van der Waals surface area contributed by atoms with Crippen molar-refractivity contribution in [2.75, 3.05) is 0 Å². The second-order valence-electron chi connectivity index (χ2n) is 9.60. The Balaban J connectivity index is 2.67. The first-order valence-corrected chi connectivity index (χ1v) is 16.8. The number of rotatable bonds is 4. The SMILES string of the molecule is CC(=O)[O][Sn]([c]1c(C)cc(C)cc1C)([c]1c(C)cc(C)cc1C)[c]1c(C)cc(C)cc1C. The molecule has 0 aliphatic rings. The Hall–Kier alpha value is -2.07. The summed E-state index contributed by atoms with van der Waals surface area (Å²) >= 11 is -4.27. The van der Waals surface area contributed by atoms with Gasteiger partial charge in [-0.3, -0.25) is 0 Å². The van der Waals surface area contributed by atoms with Gasteiger partial charge in [0.15, 0.2) is 0 Å². The molecular weight excluding hydrogens is 499 g/mol. The Bertz CT molecular complexity index is 1010.